The first-order valence-electron chi connectivity index (χ1n) is 4.90. The molecule has 1 nitrogen and oxygen atoms in total. The first-order chi connectivity index (χ1) is 9.24. The topological polar surface area (TPSA) is 9.23 Å². The van der Waals surface area contributed by atoms with E-state index in [2.05, 4.69) is 4.74 Å². The summed E-state index contributed by atoms with van der Waals surface area (Å²) in [6, 6.07) is 0.817. The summed E-state index contributed by atoms with van der Waals surface area (Å²) in [4.78, 5) is 0. The fourth-order valence-corrected chi connectivity index (χ4v) is 1.29. The van der Waals surface area contributed by atoms with Crippen LogP contribution in [0, 0.1) is 5.82 Å². The van der Waals surface area contributed by atoms with E-state index in [1.807, 2.05) is 0 Å². The summed E-state index contributed by atoms with van der Waals surface area (Å²) in [5, 5.41) is 0. The maximum Gasteiger partial charge on any atom is 0.434 e. The van der Waals surface area contributed by atoms with Crippen molar-refractivity contribution in [3.8, 4) is 5.75 Å². The number of halogens is 10. The molecule has 0 N–H and O–H groups in total. The monoisotopic (exact) mass is 330 g/mol. The average molecular weight is 330 g/mol. The number of ether oxygens (including phenoxy) is 1. The molecule has 1 aromatic rings. The minimum atomic E-state index is -6.07. The van der Waals surface area contributed by atoms with Crippen LogP contribution < -0.4 is 4.74 Å². The molecular formula is C10H4F10O. The van der Waals surface area contributed by atoms with Gasteiger partial charge in [0.1, 0.15) is 5.56 Å². The van der Waals surface area contributed by atoms with E-state index in [0.717, 1.165) is 0 Å². The minimum absolute atomic E-state index is 0.0994. The summed E-state index contributed by atoms with van der Waals surface area (Å²) in [5.74, 6) is -4.16. The fourth-order valence-electron chi connectivity index (χ4n) is 1.29. The lowest BCUT2D eigenvalue weighted by molar-refractivity contribution is -0.301. The second kappa shape index (κ2) is 5.26. The third kappa shape index (κ3) is 4.14. The number of alkyl halides is 9. The van der Waals surface area contributed by atoms with Gasteiger partial charge in [-0.25, -0.2) is 4.39 Å². The van der Waals surface area contributed by atoms with E-state index in [9.17, 15) is 43.9 Å². The zero-order valence-corrected chi connectivity index (χ0v) is 9.50. The van der Waals surface area contributed by atoms with Crippen molar-refractivity contribution in [2.45, 2.75) is 24.6 Å². The van der Waals surface area contributed by atoms with Gasteiger partial charge in [-0.2, -0.15) is 39.5 Å². The Labute approximate surface area is 110 Å². The van der Waals surface area contributed by atoms with Crippen molar-refractivity contribution in [3.05, 3.63) is 29.6 Å². The summed E-state index contributed by atoms with van der Waals surface area (Å²) in [6.07, 6.45) is -22.1. The van der Waals surface area contributed by atoms with Gasteiger partial charge in [-0.05, 0) is 12.1 Å². The first-order valence-corrected chi connectivity index (χ1v) is 4.90. The molecule has 0 saturated carbocycles. The summed E-state index contributed by atoms with van der Waals surface area (Å²) in [5.41, 5.74) is -2.08. The van der Waals surface area contributed by atoms with Crippen LogP contribution in [0.15, 0.2) is 18.2 Å². The van der Waals surface area contributed by atoms with Crippen molar-refractivity contribution in [1.29, 1.82) is 0 Å². The van der Waals surface area contributed by atoms with Crippen LogP contribution in [0.25, 0.3) is 0 Å². The average Bonchev–Trinajstić information content (AvgIpc) is 2.22. The number of benzene rings is 1. The van der Waals surface area contributed by atoms with E-state index in [1.54, 1.807) is 0 Å². The van der Waals surface area contributed by atoms with E-state index in [1.165, 1.54) is 0 Å². The largest absolute Gasteiger partial charge is 0.468 e. The van der Waals surface area contributed by atoms with Crippen molar-refractivity contribution >= 4 is 0 Å². The molecule has 0 unspecified atom stereocenters. The number of para-hydroxylation sites is 1. The first kappa shape index (κ1) is 17.4. The summed E-state index contributed by atoms with van der Waals surface area (Å²) < 4.78 is 127. The van der Waals surface area contributed by atoms with Crippen LogP contribution in [-0.2, 0) is 6.18 Å². The molecule has 0 aromatic heterocycles. The van der Waals surface area contributed by atoms with Crippen molar-refractivity contribution < 1.29 is 48.6 Å². The Morgan fingerprint density at radius 3 is 1.67 bits per heavy atom. The Morgan fingerprint density at radius 2 is 1.29 bits per heavy atom. The molecule has 0 fully saturated rings. The van der Waals surface area contributed by atoms with Gasteiger partial charge >= 0.3 is 18.5 Å². The number of rotatable bonds is 2. The molecule has 0 aliphatic rings. The smallest absolute Gasteiger partial charge is 0.434 e. The molecule has 0 radical (unpaired) electrons. The van der Waals surface area contributed by atoms with Crippen molar-refractivity contribution in [2.24, 2.45) is 0 Å². The van der Waals surface area contributed by atoms with Gasteiger partial charge in [-0.15, -0.1) is 0 Å². The molecule has 1 aromatic carbocycles. The Balaban J connectivity index is 3.35. The van der Waals surface area contributed by atoms with Crippen LogP contribution in [0.4, 0.5) is 43.9 Å². The molecule has 0 saturated heterocycles. The highest BCUT2D eigenvalue weighted by molar-refractivity contribution is 5.37. The van der Waals surface area contributed by atoms with Crippen LogP contribution in [-0.4, -0.2) is 18.5 Å². The van der Waals surface area contributed by atoms with Gasteiger partial charge in [0, 0.05) is 0 Å². The zero-order chi connectivity index (χ0) is 16.6. The zero-order valence-electron chi connectivity index (χ0n) is 9.50. The molecule has 0 atom stereocenters. The lowest BCUT2D eigenvalue weighted by Gasteiger charge is -2.25. The highest BCUT2D eigenvalue weighted by atomic mass is 19.4. The highest BCUT2D eigenvalue weighted by Gasteiger charge is 2.59. The summed E-state index contributed by atoms with van der Waals surface area (Å²) in [7, 11) is 0. The molecular weight excluding hydrogens is 326 g/mol. The molecule has 11 heteroatoms. The quantitative estimate of drug-likeness (QED) is 0.713. The van der Waals surface area contributed by atoms with E-state index < -0.39 is 41.8 Å². The van der Waals surface area contributed by atoms with Gasteiger partial charge in [-0.1, -0.05) is 6.07 Å². The second-order valence-corrected chi connectivity index (χ2v) is 3.70. The molecule has 0 heterocycles. The summed E-state index contributed by atoms with van der Waals surface area (Å²) >= 11 is 0. The predicted molar refractivity (Wildman–Crippen MR) is 47.9 cm³/mol. The highest BCUT2D eigenvalue weighted by Crippen LogP contribution is 2.42. The van der Waals surface area contributed by atoms with E-state index >= 15 is 0 Å². The SMILES string of the molecule is Fc1cccc(C(F)(F)F)c1OC(C(F)(F)F)C(F)(F)F. The van der Waals surface area contributed by atoms with Gasteiger partial charge in [-0.3, -0.25) is 0 Å². The Hall–Kier alpha value is -1.68. The molecule has 0 bridgehead atoms. The van der Waals surface area contributed by atoms with Crippen molar-refractivity contribution in [2.75, 3.05) is 0 Å². The third-order valence-corrected chi connectivity index (χ3v) is 2.10. The summed E-state index contributed by atoms with van der Waals surface area (Å²) in [6.45, 7) is 0. The fraction of sp³-hybridized carbons (Fsp3) is 0.400. The minimum Gasteiger partial charge on any atom is -0.468 e. The van der Waals surface area contributed by atoms with Crippen LogP contribution in [0.3, 0.4) is 0 Å². The lowest BCUT2D eigenvalue weighted by atomic mass is 10.2. The molecule has 0 aliphatic carbocycles. The molecule has 0 amide bonds. The second-order valence-electron chi connectivity index (χ2n) is 3.70. The van der Waals surface area contributed by atoms with Crippen molar-refractivity contribution in [1.82, 2.24) is 0 Å². The van der Waals surface area contributed by atoms with Gasteiger partial charge in [0.2, 0.25) is 0 Å². The number of hydrogen-bond acceptors (Lipinski definition) is 1. The molecule has 0 aliphatic heterocycles. The maximum atomic E-state index is 13.2. The Bertz CT molecular complexity index is 484. The lowest BCUT2D eigenvalue weighted by Crippen LogP contribution is -2.47. The number of hydrogen-bond donors (Lipinski definition) is 0. The molecule has 1 rings (SSSR count). The van der Waals surface area contributed by atoms with Gasteiger partial charge in [0.25, 0.3) is 6.10 Å². The van der Waals surface area contributed by atoms with E-state index in [0.29, 0.717) is 6.07 Å². The standard InChI is InChI=1S/C10H4F10O/c11-5-3-1-2-4(8(12,13)14)6(5)21-7(9(15,16)17)10(18,19)20/h1-3,7H. The van der Waals surface area contributed by atoms with Crippen molar-refractivity contribution in [3.63, 3.8) is 0 Å². The molecule has 0 spiro atoms. The Morgan fingerprint density at radius 1 is 0.810 bits per heavy atom. The van der Waals surface area contributed by atoms with Crippen LogP contribution in [0.5, 0.6) is 5.75 Å². The normalized spacial score (nSPS) is 13.7. The third-order valence-electron chi connectivity index (χ3n) is 2.10. The predicted octanol–water partition coefficient (Wildman–Crippen LogP) is 4.72. The van der Waals surface area contributed by atoms with Gasteiger partial charge in [0.05, 0.1) is 0 Å². The molecule has 120 valence electrons. The van der Waals surface area contributed by atoms with Crippen LogP contribution in [0.2, 0.25) is 0 Å². The van der Waals surface area contributed by atoms with Crippen LogP contribution >= 0.6 is 0 Å². The van der Waals surface area contributed by atoms with Crippen LogP contribution in [0.1, 0.15) is 5.56 Å². The maximum absolute atomic E-state index is 13.2. The van der Waals surface area contributed by atoms with E-state index in [-0.39, 0.29) is 12.1 Å². The molecule has 21 heavy (non-hydrogen) atoms. The van der Waals surface area contributed by atoms with Gasteiger partial charge < -0.3 is 4.74 Å². The van der Waals surface area contributed by atoms with E-state index in [4.69, 9.17) is 0 Å². The Kier molecular flexibility index (Phi) is 4.35. The van der Waals surface area contributed by atoms with Gasteiger partial charge in [0.15, 0.2) is 11.6 Å².